The summed E-state index contributed by atoms with van der Waals surface area (Å²) < 4.78 is 0. The minimum absolute atomic E-state index is 0.153. The lowest BCUT2D eigenvalue weighted by molar-refractivity contribution is 0.417. The number of aryl methyl sites for hydroxylation is 1. The Labute approximate surface area is 102 Å². The smallest absolute Gasteiger partial charge is 0.154 e. The molecule has 17 heavy (non-hydrogen) atoms. The van der Waals surface area contributed by atoms with Crippen molar-refractivity contribution >= 4 is 5.69 Å². The third kappa shape index (κ3) is 2.50. The van der Waals surface area contributed by atoms with Crippen LogP contribution in [-0.2, 0) is 0 Å². The number of benzene rings is 1. The highest BCUT2D eigenvalue weighted by atomic mass is 15.2. The zero-order valence-corrected chi connectivity index (χ0v) is 10.2. The molecule has 88 valence electrons. The molecule has 1 aliphatic carbocycles. The van der Waals surface area contributed by atoms with E-state index in [9.17, 15) is 0 Å². The third-order valence-corrected chi connectivity index (χ3v) is 3.05. The molecule has 0 radical (unpaired) electrons. The van der Waals surface area contributed by atoms with Crippen LogP contribution in [0.4, 0.5) is 5.69 Å². The Morgan fingerprint density at radius 1 is 1.24 bits per heavy atom. The molecule has 0 aliphatic heterocycles. The molecule has 0 bridgehead atoms. The van der Waals surface area contributed by atoms with Gasteiger partial charge in [-0.2, -0.15) is 10.2 Å². The van der Waals surface area contributed by atoms with Gasteiger partial charge >= 0.3 is 0 Å². The molecule has 0 amide bonds. The van der Waals surface area contributed by atoms with Gasteiger partial charge in [0.15, 0.2) is 5.66 Å². The van der Waals surface area contributed by atoms with E-state index in [1.807, 2.05) is 62.4 Å². The maximum atomic E-state index is 6.20. The number of nitrogens with zero attached hydrogens (tertiary/aromatic N) is 2. The average Bonchev–Trinajstić information content (AvgIpc) is 2.32. The van der Waals surface area contributed by atoms with E-state index in [0.717, 1.165) is 11.3 Å². The van der Waals surface area contributed by atoms with Gasteiger partial charge in [-0.1, -0.05) is 43.4 Å². The second-order valence-corrected chi connectivity index (χ2v) is 4.41. The number of hydrogen-bond donors (Lipinski definition) is 1. The first-order valence-corrected chi connectivity index (χ1v) is 5.75. The van der Waals surface area contributed by atoms with Gasteiger partial charge in [0.1, 0.15) is 0 Å². The van der Waals surface area contributed by atoms with Gasteiger partial charge in [0, 0.05) is 5.92 Å². The molecule has 0 heterocycles. The largest absolute Gasteiger partial charge is 0.302 e. The quantitative estimate of drug-likeness (QED) is 0.772. The van der Waals surface area contributed by atoms with Crippen LogP contribution in [0.1, 0.15) is 12.5 Å². The fourth-order valence-corrected chi connectivity index (χ4v) is 1.69. The fourth-order valence-electron chi connectivity index (χ4n) is 1.69. The van der Waals surface area contributed by atoms with Gasteiger partial charge in [-0.05, 0) is 24.6 Å². The van der Waals surface area contributed by atoms with Crippen molar-refractivity contribution < 1.29 is 0 Å². The SMILES string of the molecule is Cc1ccccc1N=N[C@]1(N)C=CC=C[C@H]1C. The molecule has 2 atom stereocenters. The summed E-state index contributed by atoms with van der Waals surface area (Å²) in [7, 11) is 0. The Kier molecular flexibility index (Phi) is 3.20. The highest BCUT2D eigenvalue weighted by molar-refractivity contribution is 5.44. The van der Waals surface area contributed by atoms with Crippen molar-refractivity contribution in [3.8, 4) is 0 Å². The van der Waals surface area contributed by atoms with Crippen molar-refractivity contribution in [1.29, 1.82) is 0 Å². The van der Waals surface area contributed by atoms with Gasteiger partial charge in [-0.25, -0.2) is 0 Å². The summed E-state index contributed by atoms with van der Waals surface area (Å²) in [5.41, 5.74) is 7.44. The Hall–Kier alpha value is -1.74. The zero-order chi connectivity index (χ0) is 12.3. The van der Waals surface area contributed by atoms with Crippen molar-refractivity contribution in [2.75, 3.05) is 0 Å². The summed E-state index contributed by atoms with van der Waals surface area (Å²) in [4.78, 5) is 0. The molecular weight excluding hydrogens is 210 g/mol. The van der Waals surface area contributed by atoms with Crippen LogP contribution in [0.25, 0.3) is 0 Å². The maximum Gasteiger partial charge on any atom is 0.154 e. The maximum absolute atomic E-state index is 6.20. The highest BCUT2D eigenvalue weighted by Crippen LogP contribution is 2.26. The monoisotopic (exact) mass is 227 g/mol. The van der Waals surface area contributed by atoms with Gasteiger partial charge in [-0.15, -0.1) is 0 Å². The van der Waals surface area contributed by atoms with Crippen LogP contribution in [0, 0.1) is 12.8 Å². The zero-order valence-electron chi connectivity index (χ0n) is 10.2. The molecule has 2 N–H and O–H groups in total. The predicted octanol–water partition coefficient (Wildman–Crippen LogP) is 3.50. The van der Waals surface area contributed by atoms with Crippen molar-refractivity contribution in [2.45, 2.75) is 19.5 Å². The first-order valence-electron chi connectivity index (χ1n) is 5.75. The fraction of sp³-hybridized carbons (Fsp3) is 0.286. The molecular formula is C14H17N3. The first-order chi connectivity index (χ1) is 8.12. The summed E-state index contributed by atoms with van der Waals surface area (Å²) in [6.45, 7) is 4.05. The summed E-state index contributed by atoms with van der Waals surface area (Å²) in [5.74, 6) is 0.153. The van der Waals surface area contributed by atoms with E-state index >= 15 is 0 Å². The van der Waals surface area contributed by atoms with Gasteiger partial charge in [-0.3, -0.25) is 0 Å². The second kappa shape index (κ2) is 4.63. The van der Waals surface area contributed by atoms with Crippen LogP contribution in [-0.4, -0.2) is 5.66 Å². The van der Waals surface area contributed by atoms with E-state index in [-0.39, 0.29) is 5.92 Å². The van der Waals surface area contributed by atoms with Crippen LogP contribution in [0.3, 0.4) is 0 Å². The molecule has 1 aromatic carbocycles. The van der Waals surface area contributed by atoms with Crippen molar-refractivity contribution in [3.63, 3.8) is 0 Å². The molecule has 1 aromatic rings. The lowest BCUT2D eigenvalue weighted by Gasteiger charge is -2.26. The highest BCUT2D eigenvalue weighted by Gasteiger charge is 2.28. The van der Waals surface area contributed by atoms with Crippen molar-refractivity contribution in [1.82, 2.24) is 0 Å². The number of azo groups is 1. The topological polar surface area (TPSA) is 50.7 Å². The average molecular weight is 227 g/mol. The van der Waals surface area contributed by atoms with E-state index in [0.29, 0.717) is 0 Å². The molecule has 0 aromatic heterocycles. The lowest BCUT2D eigenvalue weighted by atomic mass is 9.92. The van der Waals surface area contributed by atoms with E-state index in [4.69, 9.17) is 5.73 Å². The molecule has 0 unspecified atom stereocenters. The Morgan fingerprint density at radius 3 is 2.71 bits per heavy atom. The van der Waals surface area contributed by atoms with E-state index in [2.05, 4.69) is 10.2 Å². The Morgan fingerprint density at radius 2 is 2.00 bits per heavy atom. The number of allylic oxidation sites excluding steroid dienone is 2. The van der Waals surface area contributed by atoms with Crippen LogP contribution in [0.5, 0.6) is 0 Å². The lowest BCUT2D eigenvalue weighted by Crippen LogP contribution is -2.42. The van der Waals surface area contributed by atoms with Gasteiger partial charge in [0.05, 0.1) is 5.69 Å². The number of nitrogens with two attached hydrogens (primary N) is 1. The third-order valence-electron chi connectivity index (χ3n) is 3.05. The molecule has 3 nitrogen and oxygen atoms in total. The first kappa shape index (κ1) is 11.7. The van der Waals surface area contributed by atoms with Gasteiger partial charge in [0.25, 0.3) is 0 Å². The number of hydrogen-bond acceptors (Lipinski definition) is 3. The summed E-state index contributed by atoms with van der Waals surface area (Å²) in [6, 6.07) is 7.88. The normalized spacial score (nSPS) is 27.8. The Bertz CT molecular complexity index is 488. The van der Waals surface area contributed by atoms with Crippen LogP contribution in [0.15, 0.2) is 58.8 Å². The molecule has 3 heteroatoms. The standard InChI is InChI=1S/C14H17N3/c1-11-7-3-4-9-13(11)16-17-14(15)10-6-5-8-12(14)2/h3-10,12H,15H2,1-2H3/t12-,14-/m1/s1. The van der Waals surface area contributed by atoms with Crippen molar-refractivity contribution in [3.05, 3.63) is 54.1 Å². The van der Waals surface area contributed by atoms with Crippen LogP contribution < -0.4 is 5.73 Å². The molecule has 0 saturated heterocycles. The van der Waals surface area contributed by atoms with Crippen LogP contribution in [0.2, 0.25) is 0 Å². The minimum Gasteiger partial charge on any atom is -0.302 e. The molecule has 2 rings (SSSR count). The van der Waals surface area contributed by atoms with Gasteiger partial charge < -0.3 is 5.73 Å². The summed E-state index contributed by atoms with van der Waals surface area (Å²) in [6.07, 6.45) is 7.83. The summed E-state index contributed by atoms with van der Waals surface area (Å²) in [5, 5.41) is 8.56. The molecule has 0 spiro atoms. The molecule has 1 aliphatic rings. The molecule has 0 fully saturated rings. The second-order valence-electron chi connectivity index (χ2n) is 4.41. The van der Waals surface area contributed by atoms with Gasteiger partial charge in [0.2, 0.25) is 0 Å². The Balaban J connectivity index is 2.24. The van der Waals surface area contributed by atoms with E-state index in [1.165, 1.54) is 0 Å². The minimum atomic E-state index is -0.725. The van der Waals surface area contributed by atoms with Crippen molar-refractivity contribution in [2.24, 2.45) is 21.9 Å². The van der Waals surface area contributed by atoms with E-state index in [1.54, 1.807) is 0 Å². The number of rotatable bonds is 2. The summed E-state index contributed by atoms with van der Waals surface area (Å²) >= 11 is 0. The molecule has 0 saturated carbocycles. The van der Waals surface area contributed by atoms with Crippen LogP contribution >= 0.6 is 0 Å². The predicted molar refractivity (Wildman–Crippen MR) is 70.1 cm³/mol. The van der Waals surface area contributed by atoms with E-state index < -0.39 is 5.66 Å².